The third kappa shape index (κ3) is 4.26. The van der Waals surface area contributed by atoms with Crippen LogP contribution in [0.15, 0.2) is 42.9 Å². The number of nitrogens with zero attached hydrogens (tertiary/aromatic N) is 3. The van der Waals surface area contributed by atoms with Crippen LogP contribution >= 0.6 is 0 Å². The van der Waals surface area contributed by atoms with Gasteiger partial charge in [-0.05, 0) is 37.5 Å². The molecular weight excluding hydrogens is 389 g/mol. The zero-order valence-corrected chi connectivity index (χ0v) is 16.2. The largest absolute Gasteiger partial charge is 0.365 e. The van der Waals surface area contributed by atoms with E-state index in [-0.39, 0.29) is 23.4 Å². The van der Waals surface area contributed by atoms with Gasteiger partial charge in [-0.1, -0.05) is 6.07 Å². The third-order valence-corrected chi connectivity index (χ3v) is 5.10. The van der Waals surface area contributed by atoms with Gasteiger partial charge >= 0.3 is 0 Å². The van der Waals surface area contributed by atoms with Crippen molar-refractivity contribution in [2.24, 2.45) is 11.5 Å². The molecule has 10 nitrogen and oxygen atoms in total. The molecule has 0 radical (unpaired) electrons. The van der Waals surface area contributed by atoms with Gasteiger partial charge in [0.15, 0.2) is 0 Å². The third-order valence-electron chi connectivity index (χ3n) is 5.10. The molecule has 0 spiro atoms. The average molecular weight is 413 g/mol. The van der Waals surface area contributed by atoms with Crippen molar-refractivity contribution in [1.82, 2.24) is 20.9 Å². The van der Waals surface area contributed by atoms with Gasteiger partial charge in [-0.15, -0.1) is 5.53 Å². The lowest BCUT2D eigenvalue weighted by molar-refractivity contribution is 0.100. The van der Waals surface area contributed by atoms with Crippen molar-refractivity contribution in [2.75, 3.05) is 15.6 Å². The molecule has 158 valence electrons. The van der Waals surface area contributed by atoms with Crippen molar-refractivity contribution in [3.63, 3.8) is 0 Å². The SMILES string of the molecule is NC(=O)c1cnc(N[C@@H]2[C@H](F)CCC[C@@H]2N)nc1Nc1cccc(N2C=CNN2)c1. The molecule has 11 heteroatoms. The number of aromatic nitrogens is 2. The predicted molar refractivity (Wildman–Crippen MR) is 112 cm³/mol. The molecule has 1 aromatic carbocycles. The van der Waals surface area contributed by atoms with E-state index in [0.29, 0.717) is 12.1 Å². The number of primary amides is 1. The van der Waals surface area contributed by atoms with E-state index in [1.54, 1.807) is 11.2 Å². The number of nitrogens with one attached hydrogen (secondary N) is 4. The van der Waals surface area contributed by atoms with E-state index in [1.165, 1.54) is 6.20 Å². The Bertz CT molecular complexity index is 943. The number of carbonyl (C=O) groups excluding carboxylic acids is 1. The van der Waals surface area contributed by atoms with Gasteiger partial charge in [-0.2, -0.15) is 4.98 Å². The number of nitrogens with two attached hydrogens (primary N) is 2. The van der Waals surface area contributed by atoms with Crippen LogP contribution in [0.25, 0.3) is 0 Å². The second-order valence-corrected chi connectivity index (χ2v) is 7.22. The Labute approximate surface area is 172 Å². The summed E-state index contributed by atoms with van der Waals surface area (Å²) in [7, 11) is 0. The van der Waals surface area contributed by atoms with Crippen LogP contribution in [-0.2, 0) is 0 Å². The summed E-state index contributed by atoms with van der Waals surface area (Å²) in [6.45, 7) is 0. The molecule has 3 atom stereocenters. The number of alkyl halides is 1. The fourth-order valence-corrected chi connectivity index (χ4v) is 3.53. The standard InChI is InChI=1S/C19H24FN9O/c20-14-5-2-6-15(21)16(14)26-19-23-10-13(17(22)30)18(27-19)25-11-3-1-4-12(9-11)29-8-7-24-28-29/h1,3-4,7-10,14-16,24,28H,2,5-6,21H2,(H2,22,30)(H2,23,25,26,27)/t14-,15+,16-/m1/s1. The summed E-state index contributed by atoms with van der Waals surface area (Å²) in [5.41, 5.74) is 19.0. The number of hydrogen-bond donors (Lipinski definition) is 6. The smallest absolute Gasteiger partial charge is 0.254 e. The maximum Gasteiger partial charge on any atom is 0.254 e. The van der Waals surface area contributed by atoms with E-state index < -0.39 is 18.1 Å². The lowest BCUT2D eigenvalue weighted by atomic mass is 9.89. The Kier molecular flexibility index (Phi) is 5.63. The molecule has 1 saturated carbocycles. The number of anilines is 4. The van der Waals surface area contributed by atoms with E-state index in [0.717, 1.165) is 18.5 Å². The highest BCUT2D eigenvalue weighted by molar-refractivity contribution is 5.98. The summed E-state index contributed by atoms with van der Waals surface area (Å²) in [6, 6.07) is 6.52. The van der Waals surface area contributed by atoms with Gasteiger partial charge in [0.2, 0.25) is 5.95 Å². The minimum absolute atomic E-state index is 0.122. The van der Waals surface area contributed by atoms with Crippen LogP contribution in [0, 0.1) is 0 Å². The van der Waals surface area contributed by atoms with Crippen LogP contribution in [0.3, 0.4) is 0 Å². The summed E-state index contributed by atoms with van der Waals surface area (Å²) >= 11 is 0. The highest BCUT2D eigenvalue weighted by Crippen LogP contribution is 2.26. The van der Waals surface area contributed by atoms with Crippen LogP contribution in [0.2, 0.25) is 0 Å². The zero-order valence-electron chi connectivity index (χ0n) is 16.2. The van der Waals surface area contributed by atoms with Gasteiger partial charge in [0.05, 0.1) is 11.7 Å². The lowest BCUT2D eigenvalue weighted by Crippen LogP contribution is -2.49. The van der Waals surface area contributed by atoms with E-state index in [1.807, 2.05) is 30.5 Å². The van der Waals surface area contributed by atoms with Gasteiger partial charge in [0.25, 0.3) is 5.91 Å². The Hall–Kier alpha value is -3.44. The van der Waals surface area contributed by atoms with Gasteiger partial charge < -0.3 is 27.5 Å². The molecule has 0 unspecified atom stereocenters. The molecule has 2 heterocycles. The monoisotopic (exact) mass is 413 g/mol. The van der Waals surface area contributed by atoms with Crippen LogP contribution < -0.4 is 38.1 Å². The molecule has 0 saturated heterocycles. The Balaban J connectivity index is 1.58. The Morgan fingerprint density at radius 2 is 2.20 bits per heavy atom. The number of rotatable bonds is 6. The summed E-state index contributed by atoms with van der Waals surface area (Å²) in [6.07, 6.45) is 5.72. The van der Waals surface area contributed by atoms with Gasteiger partial charge in [-0.3, -0.25) is 9.80 Å². The first-order chi connectivity index (χ1) is 14.5. The first-order valence-corrected chi connectivity index (χ1v) is 9.68. The molecule has 1 aliphatic carbocycles. The summed E-state index contributed by atoms with van der Waals surface area (Å²) < 4.78 is 14.3. The van der Waals surface area contributed by atoms with Crippen LogP contribution in [0.4, 0.5) is 27.5 Å². The molecular formula is C19H24FN9O. The molecule has 2 aromatic rings. The van der Waals surface area contributed by atoms with Crippen LogP contribution in [0.5, 0.6) is 0 Å². The fourth-order valence-electron chi connectivity index (χ4n) is 3.53. The van der Waals surface area contributed by atoms with E-state index in [9.17, 15) is 9.18 Å². The fraction of sp³-hybridized carbons (Fsp3) is 0.316. The van der Waals surface area contributed by atoms with E-state index in [4.69, 9.17) is 11.5 Å². The molecule has 2 aliphatic rings. The van der Waals surface area contributed by atoms with Crippen molar-refractivity contribution in [2.45, 2.75) is 37.5 Å². The Morgan fingerprint density at radius 3 is 2.93 bits per heavy atom. The quantitative estimate of drug-likeness (QED) is 0.412. The second-order valence-electron chi connectivity index (χ2n) is 7.22. The number of hydrazine groups is 2. The van der Waals surface area contributed by atoms with Crippen molar-refractivity contribution in [3.05, 3.63) is 48.4 Å². The Morgan fingerprint density at radius 1 is 1.33 bits per heavy atom. The van der Waals surface area contributed by atoms with Gasteiger partial charge in [-0.25, -0.2) is 9.37 Å². The normalized spacial score (nSPS) is 23.1. The summed E-state index contributed by atoms with van der Waals surface area (Å²) in [5, 5.41) is 7.86. The average Bonchev–Trinajstić information content (AvgIpc) is 3.26. The lowest BCUT2D eigenvalue weighted by Gasteiger charge is -2.32. The zero-order chi connectivity index (χ0) is 21.1. The van der Waals surface area contributed by atoms with Crippen molar-refractivity contribution < 1.29 is 9.18 Å². The molecule has 1 amide bonds. The number of carbonyl (C=O) groups is 1. The predicted octanol–water partition coefficient (Wildman–Crippen LogP) is 1.25. The van der Waals surface area contributed by atoms with Crippen molar-refractivity contribution >= 4 is 29.0 Å². The number of hydrogen-bond acceptors (Lipinski definition) is 9. The second kappa shape index (κ2) is 8.51. The number of halogens is 1. The van der Waals surface area contributed by atoms with Gasteiger partial charge in [0, 0.05) is 30.3 Å². The van der Waals surface area contributed by atoms with Crippen LogP contribution in [0.1, 0.15) is 29.6 Å². The maximum atomic E-state index is 14.3. The van der Waals surface area contributed by atoms with E-state index >= 15 is 0 Å². The maximum absolute atomic E-state index is 14.3. The minimum atomic E-state index is -1.09. The highest BCUT2D eigenvalue weighted by Gasteiger charge is 2.32. The topological polar surface area (TPSA) is 146 Å². The number of amides is 1. The molecule has 8 N–H and O–H groups in total. The van der Waals surface area contributed by atoms with Crippen molar-refractivity contribution in [3.8, 4) is 0 Å². The molecule has 1 aliphatic heterocycles. The highest BCUT2D eigenvalue weighted by atomic mass is 19.1. The van der Waals surface area contributed by atoms with E-state index in [2.05, 4.69) is 31.6 Å². The molecule has 1 fully saturated rings. The first kappa shape index (κ1) is 19.9. The van der Waals surface area contributed by atoms with Crippen molar-refractivity contribution in [1.29, 1.82) is 0 Å². The minimum Gasteiger partial charge on any atom is -0.365 e. The summed E-state index contributed by atoms with van der Waals surface area (Å²) in [4.78, 5) is 20.4. The molecule has 4 rings (SSSR count). The molecule has 30 heavy (non-hydrogen) atoms. The first-order valence-electron chi connectivity index (χ1n) is 9.68. The summed E-state index contributed by atoms with van der Waals surface area (Å²) in [5.74, 6) is -0.275. The number of benzene rings is 1. The molecule has 0 bridgehead atoms. The van der Waals surface area contributed by atoms with Crippen LogP contribution in [-0.4, -0.2) is 34.1 Å². The van der Waals surface area contributed by atoms with Gasteiger partial charge in [0.1, 0.15) is 17.6 Å². The molecule has 1 aromatic heterocycles.